The molecule has 0 saturated carbocycles. The highest BCUT2D eigenvalue weighted by Crippen LogP contribution is 2.21. The van der Waals surface area contributed by atoms with E-state index in [0.29, 0.717) is 12.0 Å². The summed E-state index contributed by atoms with van der Waals surface area (Å²) in [7, 11) is 0. The summed E-state index contributed by atoms with van der Waals surface area (Å²) in [6, 6.07) is 20.7. The first-order valence-corrected chi connectivity index (χ1v) is 15.2. The van der Waals surface area contributed by atoms with E-state index in [1.165, 1.54) is 25.3 Å². The van der Waals surface area contributed by atoms with Crippen molar-refractivity contribution in [1.29, 1.82) is 0 Å². The van der Waals surface area contributed by atoms with Crippen LogP contribution in [-0.2, 0) is 36.8 Å². The molecule has 236 valence electrons. The van der Waals surface area contributed by atoms with Crippen molar-refractivity contribution < 1.29 is 28.8 Å². The number of pyridine rings is 1. The predicted molar refractivity (Wildman–Crippen MR) is 171 cm³/mol. The predicted octanol–water partition coefficient (Wildman–Crippen LogP) is 4.98. The van der Waals surface area contributed by atoms with Crippen molar-refractivity contribution in [3.05, 3.63) is 95.7 Å². The molecule has 3 atom stereocenters. The molecule has 0 aliphatic heterocycles. The van der Waals surface area contributed by atoms with E-state index in [-0.39, 0.29) is 54.9 Å². The highest BCUT2D eigenvalue weighted by molar-refractivity contribution is 6.38. The second-order valence-electron chi connectivity index (χ2n) is 11.6. The van der Waals surface area contributed by atoms with Crippen LogP contribution in [0.25, 0.3) is 0 Å². The van der Waals surface area contributed by atoms with Crippen LogP contribution in [-0.4, -0.2) is 46.0 Å². The summed E-state index contributed by atoms with van der Waals surface area (Å²) >= 11 is 0. The van der Waals surface area contributed by atoms with E-state index in [1.807, 2.05) is 60.7 Å². The number of Topliss-reactive ketones (excluding diaryl/α,β-unsaturated/α-hetero) is 4. The molecule has 0 radical (unpaired) electrons. The van der Waals surface area contributed by atoms with Crippen LogP contribution >= 0.6 is 0 Å². The highest BCUT2D eigenvalue weighted by atomic mass is 16.2. The quantitative estimate of drug-likeness (QED) is 0.162. The molecule has 9 nitrogen and oxygen atoms in total. The number of rotatable bonds is 17. The molecule has 0 aliphatic carbocycles. The molecule has 0 saturated heterocycles. The van der Waals surface area contributed by atoms with E-state index in [0.717, 1.165) is 11.1 Å². The second-order valence-corrected chi connectivity index (χ2v) is 11.6. The maximum absolute atomic E-state index is 13.5. The van der Waals surface area contributed by atoms with Gasteiger partial charge in [-0.3, -0.25) is 28.8 Å². The topological polar surface area (TPSA) is 139 Å². The summed E-state index contributed by atoms with van der Waals surface area (Å²) in [5, 5.41) is 5.29. The molecular formula is C36H41N3O6. The minimum atomic E-state index is -0.938. The van der Waals surface area contributed by atoms with Crippen LogP contribution in [0.15, 0.2) is 79.0 Å². The fraction of sp³-hybridized carbons (Fsp3) is 0.361. The Morgan fingerprint density at radius 2 is 1.42 bits per heavy atom. The van der Waals surface area contributed by atoms with E-state index >= 15 is 0 Å². The zero-order chi connectivity index (χ0) is 32.9. The van der Waals surface area contributed by atoms with Crippen LogP contribution in [0.4, 0.5) is 5.82 Å². The summed E-state index contributed by atoms with van der Waals surface area (Å²) in [4.78, 5) is 81.3. The molecule has 2 N–H and O–H groups in total. The third-order valence-electron chi connectivity index (χ3n) is 7.68. The van der Waals surface area contributed by atoms with Crippen LogP contribution in [0.2, 0.25) is 0 Å². The number of carbonyl (C=O) groups is 6. The van der Waals surface area contributed by atoms with Crippen LogP contribution in [0.5, 0.6) is 0 Å². The number of amides is 2. The molecule has 3 rings (SSSR count). The molecule has 45 heavy (non-hydrogen) atoms. The van der Waals surface area contributed by atoms with Crippen LogP contribution in [0.3, 0.4) is 0 Å². The lowest BCUT2D eigenvalue weighted by Gasteiger charge is -2.23. The Bertz CT molecular complexity index is 1500. The second kappa shape index (κ2) is 16.9. The summed E-state index contributed by atoms with van der Waals surface area (Å²) in [5.74, 6) is -4.21. The van der Waals surface area contributed by atoms with Gasteiger partial charge in [0.1, 0.15) is 5.82 Å². The van der Waals surface area contributed by atoms with Gasteiger partial charge in [0.05, 0.1) is 6.04 Å². The Morgan fingerprint density at radius 1 is 0.800 bits per heavy atom. The zero-order valence-corrected chi connectivity index (χ0v) is 26.2. The van der Waals surface area contributed by atoms with Gasteiger partial charge in [0.2, 0.25) is 17.6 Å². The molecule has 9 heteroatoms. The van der Waals surface area contributed by atoms with Crippen molar-refractivity contribution in [1.82, 2.24) is 10.3 Å². The summed E-state index contributed by atoms with van der Waals surface area (Å²) < 4.78 is 0. The SMILES string of the molecule is CC(=O)Nc1cc(C(=O)C[C@@H](Cc2ccccc2)C(=O)N[C@@H](C)C(=O)C[C@H](C(=O)C(=O)CCc2ccccc2)C(C)C)ccn1. The number of aryl methyl sites for hydroxylation is 1. The first kappa shape index (κ1) is 34.7. The number of nitrogens with zero attached hydrogens (tertiary/aromatic N) is 1. The van der Waals surface area contributed by atoms with E-state index in [9.17, 15) is 28.8 Å². The Hall–Kier alpha value is -4.79. The fourth-order valence-corrected chi connectivity index (χ4v) is 5.02. The van der Waals surface area contributed by atoms with Crippen molar-refractivity contribution in [3.63, 3.8) is 0 Å². The minimum absolute atomic E-state index is 0.0610. The number of nitrogens with one attached hydrogen (secondary N) is 2. The fourth-order valence-electron chi connectivity index (χ4n) is 5.02. The first-order chi connectivity index (χ1) is 21.4. The largest absolute Gasteiger partial charge is 0.346 e. The van der Waals surface area contributed by atoms with E-state index in [1.54, 1.807) is 20.8 Å². The number of benzene rings is 2. The average Bonchev–Trinajstić information content (AvgIpc) is 3.02. The van der Waals surface area contributed by atoms with Gasteiger partial charge in [0, 0.05) is 49.8 Å². The van der Waals surface area contributed by atoms with E-state index in [2.05, 4.69) is 15.6 Å². The maximum Gasteiger partial charge on any atom is 0.224 e. The minimum Gasteiger partial charge on any atom is -0.346 e. The molecule has 1 aromatic heterocycles. The standard InChI is InChI=1S/C36H41N3O6/c1-23(2)30(35(44)31(41)16-15-26-11-7-5-8-12-26)22-32(42)24(3)38-36(45)29(19-27-13-9-6-10-14-27)20-33(43)28-17-18-37-34(21-28)39-25(4)40/h5-14,17-18,21,23-24,29-30H,15-16,19-20,22H2,1-4H3,(H,38,45)(H,37,39,40)/t24-,29+,30-/m0/s1. The zero-order valence-electron chi connectivity index (χ0n) is 26.2. The van der Waals surface area contributed by atoms with Gasteiger partial charge in [0.25, 0.3) is 0 Å². The Labute approximate surface area is 264 Å². The van der Waals surface area contributed by atoms with Gasteiger partial charge >= 0.3 is 0 Å². The van der Waals surface area contributed by atoms with Gasteiger partial charge in [-0.05, 0) is 48.9 Å². The monoisotopic (exact) mass is 611 g/mol. The summed E-state index contributed by atoms with van der Waals surface area (Å²) in [5.41, 5.74) is 2.09. The van der Waals surface area contributed by atoms with E-state index < -0.39 is 35.4 Å². The number of hydrogen-bond donors (Lipinski definition) is 2. The van der Waals surface area contributed by atoms with Crippen molar-refractivity contribution in [2.24, 2.45) is 17.8 Å². The molecule has 0 unspecified atom stereocenters. The molecule has 0 aliphatic rings. The molecule has 0 spiro atoms. The van der Waals surface area contributed by atoms with Crippen LogP contribution in [0, 0.1) is 17.8 Å². The van der Waals surface area contributed by atoms with Crippen molar-refractivity contribution in [3.8, 4) is 0 Å². The molecule has 2 aromatic carbocycles. The van der Waals surface area contributed by atoms with Gasteiger partial charge in [-0.1, -0.05) is 74.5 Å². The van der Waals surface area contributed by atoms with Gasteiger partial charge < -0.3 is 10.6 Å². The molecule has 0 fully saturated rings. The van der Waals surface area contributed by atoms with Gasteiger partial charge in [-0.25, -0.2) is 4.98 Å². The smallest absolute Gasteiger partial charge is 0.224 e. The Kier molecular flexibility index (Phi) is 13.0. The summed E-state index contributed by atoms with van der Waals surface area (Å²) in [6.07, 6.45) is 1.84. The maximum atomic E-state index is 13.5. The Balaban J connectivity index is 1.68. The number of ketones is 4. The van der Waals surface area contributed by atoms with Gasteiger partial charge in [-0.15, -0.1) is 0 Å². The molecule has 2 amide bonds. The number of carbonyl (C=O) groups excluding carboxylic acids is 6. The normalized spacial score (nSPS) is 12.9. The number of anilines is 1. The third kappa shape index (κ3) is 11.0. The molecule has 0 bridgehead atoms. The highest BCUT2D eigenvalue weighted by Gasteiger charge is 2.32. The van der Waals surface area contributed by atoms with Crippen LogP contribution < -0.4 is 10.6 Å². The lowest BCUT2D eigenvalue weighted by molar-refractivity contribution is -0.141. The lowest BCUT2D eigenvalue weighted by atomic mass is 9.83. The van der Waals surface area contributed by atoms with Crippen molar-refractivity contribution >= 4 is 40.8 Å². The van der Waals surface area contributed by atoms with Crippen molar-refractivity contribution in [2.75, 3.05) is 5.32 Å². The number of aromatic nitrogens is 1. The summed E-state index contributed by atoms with van der Waals surface area (Å²) in [6.45, 7) is 6.47. The third-order valence-corrected chi connectivity index (χ3v) is 7.68. The van der Waals surface area contributed by atoms with Gasteiger partial charge in [0.15, 0.2) is 17.3 Å². The molecular weight excluding hydrogens is 570 g/mol. The first-order valence-electron chi connectivity index (χ1n) is 15.2. The Morgan fingerprint density at radius 3 is 2.02 bits per heavy atom. The molecule has 3 aromatic rings. The number of hydrogen-bond acceptors (Lipinski definition) is 7. The van der Waals surface area contributed by atoms with Crippen molar-refractivity contribution in [2.45, 2.75) is 65.8 Å². The average molecular weight is 612 g/mol. The van der Waals surface area contributed by atoms with Gasteiger partial charge in [-0.2, -0.15) is 0 Å². The lowest BCUT2D eigenvalue weighted by Crippen LogP contribution is -2.44. The van der Waals surface area contributed by atoms with Crippen LogP contribution in [0.1, 0.15) is 68.4 Å². The molecule has 1 heterocycles. The van der Waals surface area contributed by atoms with E-state index in [4.69, 9.17) is 0 Å².